The van der Waals surface area contributed by atoms with Crippen LogP contribution in [-0.2, 0) is 9.47 Å². The van der Waals surface area contributed by atoms with E-state index in [1.807, 2.05) is 6.92 Å². The fourth-order valence-electron chi connectivity index (χ4n) is 0.688. The van der Waals surface area contributed by atoms with Crippen LogP contribution in [0.15, 0.2) is 0 Å². The summed E-state index contributed by atoms with van der Waals surface area (Å²) in [5.74, 6) is 0. The van der Waals surface area contributed by atoms with E-state index in [4.69, 9.17) is 14.6 Å². The van der Waals surface area contributed by atoms with E-state index in [2.05, 4.69) is 0 Å². The largest absolute Gasteiger partial charge is 0.394 e. The molecule has 0 bridgehead atoms. The van der Waals surface area contributed by atoms with E-state index in [0.29, 0.717) is 6.61 Å². The van der Waals surface area contributed by atoms with Gasteiger partial charge in [-0.05, 0) is 6.92 Å². The molecule has 0 radical (unpaired) electrons. The minimum Gasteiger partial charge on any atom is -0.394 e. The predicted molar refractivity (Wildman–Crippen MR) is 27.4 cm³/mol. The molecule has 0 aromatic heterocycles. The minimum atomic E-state index is -0.132. The second-order valence-corrected chi connectivity index (χ2v) is 1.84. The third-order valence-electron chi connectivity index (χ3n) is 1.10. The van der Waals surface area contributed by atoms with Crippen molar-refractivity contribution in [3.8, 4) is 0 Å². The molecular weight excluding hydrogens is 108 g/mol. The highest BCUT2D eigenvalue weighted by Crippen LogP contribution is 2.08. The van der Waals surface area contributed by atoms with E-state index in [1.54, 1.807) is 0 Å². The SMILES string of the molecule is C[C@@H]1OC[C@H](CO)O1. The number of rotatable bonds is 1. The summed E-state index contributed by atoms with van der Waals surface area (Å²) in [6, 6.07) is 0. The van der Waals surface area contributed by atoms with Gasteiger partial charge in [0.05, 0.1) is 13.2 Å². The molecule has 0 spiro atoms. The fraction of sp³-hybridized carbons (Fsp3) is 1.00. The van der Waals surface area contributed by atoms with Crippen LogP contribution >= 0.6 is 0 Å². The van der Waals surface area contributed by atoms with Gasteiger partial charge in [-0.25, -0.2) is 0 Å². The topological polar surface area (TPSA) is 38.7 Å². The Kier molecular flexibility index (Phi) is 1.83. The van der Waals surface area contributed by atoms with Crippen molar-refractivity contribution >= 4 is 0 Å². The van der Waals surface area contributed by atoms with Crippen LogP contribution < -0.4 is 0 Å². The van der Waals surface area contributed by atoms with Crippen molar-refractivity contribution in [2.24, 2.45) is 0 Å². The first-order valence-electron chi connectivity index (χ1n) is 2.71. The quantitative estimate of drug-likeness (QED) is 0.515. The molecule has 1 heterocycles. The molecule has 3 heteroatoms. The average molecular weight is 118 g/mol. The average Bonchev–Trinajstić information content (AvgIpc) is 2.14. The molecule has 0 unspecified atom stereocenters. The van der Waals surface area contributed by atoms with Crippen LogP contribution in [0.3, 0.4) is 0 Å². The molecule has 2 atom stereocenters. The van der Waals surface area contributed by atoms with Gasteiger partial charge in [0.15, 0.2) is 6.29 Å². The number of aliphatic hydroxyl groups excluding tert-OH is 1. The lowest BCUT2D eigenvalue weighted by molar-refractivity contribution is -0.0505. The predicted octanol–water partition coefficient (Wildman–Crippen LogP) is -0.260. The van der Waals surface area contributed by atoms with Crippen molar-refractivity contribution in [1.82, 2.24) is 0 Å². The van der Waals surface area contributed by atoms with Gasteiger partial charge in [0.25, 0.3) is 0 Å². The summed E-state index contributed by atoms with van der Waals surface area (Å²) in [6.07, 6.45) is -0.225. The van der Waals surface area contributed by atoms with Crippen molar-refractivity contribution < 1.29 is 14.6 Å². The Balaban J connectivity index is 2.22. The molecule has 1 fully saturated rings. The summed E-state index contributed by atoms with van der Waals surface area (Å²) >= 11 is 0. The van der Waals surface area contributed by atoms with Gasteiger partial charge in [-0.1, -0.05) is 0 Å². The number of ether oxygens (including phenoxy) is 2. The van der Waals surface area contributed by atoms with Crippen molar-refractivity contribution in [3.63, 3.8) is 0 Å². The lowest BCUT2D eigenvalue weighted by Crippen LogP contribution is -2.14. The van der Waals surface area contributed by atoms with E-state index in [1.165, 1.54) is 0 Å². The van der Waals surface area contributed by atoms with Crippen LogP contribution in [0.25, 0.3) is 0 Å². The zero-order valence-corrected chi connectivity index (χ0v) is 4.83. The van der Waals surface area contributed by atoms with Crippen LogP contribution in [0.4, 0.5) is 0 Å². The van der Waals surface area contributed by atoms with Crippen molar-refractivity contribution in [3.05, 3.63) is 0 Å². The van der Waals surface area contributed by atoms with Gasteiger partial charge in [-0.15, -0.1) is 0 Å². The van der Waals surface area contributed by atoms with E-state index in [-0.39, 0.29) is 19.0 Å². The molecule has 1 aliphatic heterocycles. The molecule has 48 valence electrons. The first kappa shape index (κ1) is 6.01. The lowest BCUT2D eigenvalue weighted by Gasteiger charge is -2.01. The normalized spacial score (nSPS) is 38.2. The van der Waals surface area contributed by atoms with E-state index < -0.39 is 0 Å². The van der Waals surface area contributed by atoms with Crippen LogP contribution in [-0.4, -0.2) is 30.7 Å². The maximum atomic E-state index is 8.48. The van der Waals surface area contributed by atoms with Gasteiger partial charge < -0.3 is 14.6 Å². The number of aliphatic hydroxyl groups is 1. The lowest BCUT2D eigenvalue weighted by atomic mass is 10.4. The Morgan fingerprint density at radius 1 is 1.75 bits per heavy atom. The van der Waals surface area contributed by atoms with Crippen LogP contribution in [0, 0.1) is 0 Å². The molecule has 0 aromatic carbocycles. The molecule has 8 heavy (non-hydrogen) atoms. The standard InChI is InChI=1S/C5H10O3/c1-4-7-3-5(2-6)8-4/h4-6H,2-3H2,1H3/t4-,5+/m1/s1. The zero-order chi connectivity index (χ0) is 5.98. The van der Waals surface area contributed by atoms with E-state index in [9.17, 15) is 0 Å². The summed E-state index contributed by atoms with van der Waals surface area (Å²) in [5, 5.41) is 8.48. The Hall–Kier alpha value is -0.120. The molecular formula is C5H10O3. The Bertz CT molecular complexity index is 74.1. The molecule has 3 nitrogen and oxygen atoms in total. The van der Waals surface area contributed by atoms with Gasteiger partial charge in [-0.2, -0.15) is 0 Å². The fourth-order valence-corrected chi connectivity index (χ4v) is 0.688. The van der Waals surface area contributed by atoms with E-state index >= 15 is 0 Å². The number of hydrogen-bond acceptors (Lipinski definition) is 3. The van der Waals surface area contributed by atoms with Crippen molar-refractivity contribution in [2.75, 3.05) is 13.2 Å². The van der Waals surface area contributed by atoms with E-state index in [0.717, 1.165) is 0 Å². The van der Waals surface area contributed by atoms with Crippen LogP contribution in [0.5, 0.6) is 0 Å². The summed E-state index contributed by atoms with van der Waals surface area (Å²) in [4.78, 5) is 0. The Morgan fingerprint density at radius 3 is 2.75 bits per heavy atom. The molecule has 1 N–H and O–H groups in total. The second-order valence-electron chi connectivity index (χ2n) is 1.84. The van der Waals surface area contributed by atoms with Crippen molar-refractivity contribution in [2.45, 2.75) is 19.3 Å². The maximum absolute atomic E-state index is 8.48. The molecule has 0 aromatic rings. The molecule has 0 saturated carbocycles. The summed E-state index contributed by atoms with van der Waals surface area (Å²) in [6.45, 7) is 2.40. The first-order valence-corrected chi connectivity index (χ1v) is 2.71. The number of hydrogen-bond donors (Lipinski definition) is 1. The Labute approximate surface area is 48.2 Å². The zero-order valence-electron chi connectivity index (χ0n) is 4.83. The molecule has 0 amide bonds. The summed E-state index contributed by atoms with van der Waals surface area (Å²) in [5.41, 5.74) is 0. The van der Waals surface area contributed by atoms with Gasteiger partial charge in [0.2, 0.25) is 0 Å². The highest BCUT2D eigenvalue weighted by Gasteiger charge is 2.20. The smallest absolute Gasteiger partial charge is 0.155 e. The van der Waals surface area contributed by atoms with Gasteiger partial charge in [0, 0.05) is 0 Å². The Morgan fingerprint density at radius 2 is 2.50 bits per heavy atom. The second kappa shape index (κ2) is 2.44. The first-order chi connectivity index (χ1) is 3.83. The van der Waals surface area contributed by atoms with Crippen LogP contribution in [0.1, 0.15) is 6.92 Å². The molecule has 1 aliphatic rings. The summed E-state index contributed by atoms with van der Waals surface area (Å²) < 4.78 is 10.0. The van der Waals surface area contributed by atoms with Crippen molar-refractivity contribution in [1.29, 1.82) is 0 Å². The molecule has 0 aliphatic carbocycles. The molecule has 1 saturated heterocycles. The summed E-state index contributed by atoms with van der Waals surface area (Å²) in [7, 11) is 0. The van der Waals surface area contributed by atoms with Crippen LogP contribution in [0.2, 0.25) is 0 Å². The highest BCUT2D eigenvalue weighted by molar-refractivity contribution is 4.59. The third kappa shape index (κ3) is 1.18. The maximum Gasteiger partial charge on any atom is 0.155 e. The van der Waals surface area contributed by atoms with Gasteiger partial charge in [-0.3, -0.25) is 0 Å². The van der Waals surface area contributed by atoms with Gasteiger partial charge >= 0.3 is 0 Å². The molecule has 1 rings (SSSR count). The monoisotopic (exact) mass is 118 g/mol. The third-order valence-corrected chi connectivity index (χ3v) is 1.10. The minimum absolute atomic E-state index is 0.0599. The highest BCUT2D eigenvalue weighted by atomic mass is 16.7. The van der Waals surface area contributed by atoms with Gasteiger partial charge in [0.1, 0.15) is 6.10 Å².